The predicted octanol–water partition coefficient (Wildman–Crippen LogP) is 2.01. The van der Waals surface area contributed by atoms with E-state index in [9.17, 15) is 0 Å². The lowest BCUT2D eigenvalue weighted by molar-refractivity contribution is 0.0552. The Kier molecular flexibility index (Phi) is 4.31. The molecule has 19 heavy (non-hydrogen) atoms. The quantitative estimate of drug-likeness (QED) is 0.916. The Bertz CT molecular complexity index is 432. The van der Waals surface area contributed by atoms with Crippen molar-refractivity contribution < 1.29 is 9.47 Å². The topological polar surface area (TPSA) is 44.5 Å². The molecule has 0 aromatic heterocycles. The van der Waals surface area contributed by atoms with Gasteiger partial charge in [-0.1, -0.05) is 12.1 Å². The molecular weight excluding hydrogens is 258 g/mol. The molecule has 3 nitrogen and oxygen atoms in total. The number of fused-ring (bicyclic) bond motifs is 1. The Balaban J connectivity index is 1.53. The highest BCUT2D eigenvalue weighted by molar-refractivity contribution is 7.99. The van der Waals surface area contributed by atoms with E-state index in [0.29, 0.717) is 0 Å². The number of nitrogens with two attached hydrogens (primary N) is 1. The van der Waals surface area contributed by atoms with E-state index < -0.39 is 0 Å². The molecule has 2 heterocycles. The lowest BCUT2D eigenvalue weighted by Gasteiger charge is -2.27. The summed E-state index contributed by atoms with van der Waals surface area (Å²) in [6, 6.07) is 6.67. The molecule has 2 N–H and O–H groups in total. The number of rotatable bonds is 4. The molecule has 0 saturated carbocycles. The van der Waals surface area contributed by atoms with Gasteiger partial charge >= 0.3 is 0 Å². The first-order chi connectivity index (χ1) is 9.33. The summed E-state index contributed by atoms with van der Waals surface area (Å²) in [4.78, 5) is 0. The smallest absolute Gasteiger partial charge is 0.122 e. The molecule has 1 saturated heterocycles. The molecule has 104 valence electrons. The fourth-order valence-electron chi connectivity index (χ4n) is 2.67. The maximum atomic E-state index is 6.25. The molecular formula is C15H21NO2S. The van der Waals surface area contributed by atoms with E-state index in [1.807, 2.05) is 11.8 Å². The van der Waals surface area contributed by atoms with Gasteiger partial charge in [-0.05, 0) is 30.0 Å². The van der Waals surface area contributed by atoms with Crippen molar-refractivity contribution in [1.29, 1.82) is 0 Å². The molecule has 0 aliphatic carbocycles. The number of thioether (sulfide) groups is 1. The van der Waals surface area contributed by atoms with Crippen molar-refractivity contribution in [3.63, 3.8) is 0 Å². The van der Waals surface area contributed by atoms with E-state index in [1.54, 1.807) is 0 Å². The summed E-state index contributed by atoms with van der Waals surface area (Å²) in [7, 11) is 0. The van der Waals surface area contributed by atoms with E-state index in [1.165, 1.54) is 11.1 Å². The second-order valence-electron chi connectivity index (χ2n) is 5.23. The summed E-state index contributed by atoms with van der Waals surface area (Å²) in [5, 5.41) is 0. The average Bonchev–Trinajstić information content (AvgIpc) is 2.93. The molecule has 2 unspecified atom stereocenters. The zero-order valence-electron chi connectivity index (χ0n) is 11.1. The highest BCUT2D eigenvalue weighted by atomic mass is 32.2. The minimum absolute atomic E-state index is 0.150. The van der Waals surface area contributed by atoms with Gasteiger partial charge in [0, 0.05) is 24.0 Å². The molecule has 3 rings (SSSR count). The van der Waals surface area contributed by atoms with Gasteiger partial charge in [-0.25, -0.2) is 0 Å². The minimum Gasteiger partial charge on any atom is -0.493 e. The Labute approximate surface area is 118 Å². The Morgan fingerprint density at radius 1 is 1.37 bits per heavy atom. The van der Waals surface area contributed by atoms with Gasteiger partial charge in [0.05, 0.1) is 19.3 Å². The van der Waals surface area contributed by atoms with Crippen LogP contribution < -0.4 is 10.5 Å². The fraction of sp³-hybridized carbons (Fsp3) is 0.600. The normalized spacial score (nSPS) is 23.7. The molecule has 1 aromatic rings. The molecule has 0 amide bonds. The second kappa shape index (κ2) is 6.16. The van der Waals surface area contributed by atoms with E-state index in [-0.39, 0.29) is 12.1 Å². The molecule has 1 aromatic carbocycles. The first-order valence-corrected chi connectivity index (χ1v) is 8.18. The highest BCUT2D eigenvalue weighted by Gasteiger charge is 2.21. The number of ether oxygens (including phenoxy) is 2. The second-order valence-corrected chi connectivity index (χ2v) is 6.38. The summed E-state index contributed by atoms with van der Waals surface area (Å²) in [6.45, 7) is 1.67. The van der Waals surface area contributed by atoms with Gasteiger partial charge in [-0.2, -0.15) is 11.8 Å². The zero-order chi connectivity index (χ0) is 13.1. The zero-order valence-corrected chi connectivity index (χ0v) is 12.0. The Morgan fingerprint density at radius 3 is 3.16 bits per heavy atom. The number of aryl methyl sites for hydroxylation is 1. The lowest BCUT2D eigenvalue weighted by atomic mass is 10.0. The van der Waals surface area contributed by atoms with Gasteiger partial charge in [0.2, 0.25) is 0 Å². The standard InChI is InChI=1S/C15H21NO2S/c16-13(15-10-19-8-7-18-15)3-1-11-2-4-14-12(9-11)5-6-17-14/h2,4,9,13,15H,1,3,5-8,10,16H2. The van der Waals surface area contributed by atoms with Crippen LogP contribution in [-0.4, -0.2) is 36.9 Å². The van der Waals surface area contributed by atoms with Crippen LogP contribution >= 0.6 is 11.8 Å². The van der Waals surface area contributed by atoms with Gasteiger partial charge in [0.1, 0.15) is 5.75 Å². The van der Waals surface area contributed by atoms with Crippen molar-refractivity contribution in [2.75, 3.05) is 24.7 Å². The number of hydrogen-bond acceptors (Lipinski definition) is 4. The van der Waals surface area contributed by atoms with Crippen LogP contribution in [0.2, 0.25) is 0 Å². The molecule has 0 bridgehead atoms. The van der Waals surface area contributed by atoms with Crippen LogP contribution in [0.25, 0.3) is 0 Å². The third kappa shape index (κ3) is 3.25. The third-order valence-corrected chi connectivity index (χ3v) is 4.86. The van der Waals surface area contributed by atoms with Crippen LogP contribution in [0.5, 0.6) is 5.75 Å². The van der Waals surface area contributed by atoms with Crippen molar-refractivity contribution in [2.24, 2.45) is 5.73 Å². The molecule has 1 fully saturated rings. The molecule has 0 radical (unpaired) electrons. The van der Waals surface area contributed by atoms with Crippen LogP contribution in [0.1, 0.15) is 17.5 Å². The Hall–Kier alpha value is -0.710. The van der Waals surface area contributed by atoms with Gasteiger partial charge in [0.15, 0.2) is 0 Å². The summed E-state index contributed by atoms with van der Waals surface area (Å²) in [5.41, 5.74) is 8.95. The summed E-state index contributed by atoms with van der Waals surface area (Å²) in [6.07, 6.45) is 3.29. The van der Waals surface area contributed by atoms with E-state index in [2.05, 4.69) is 18.2 Å². The van der Waals surface area contributed by atoms with Crippen molar-refractivity contribution in [3.05, 3.63) is 29.3 Å². The maximum absolute atomic E-state index is 6.25. The maximum Gasteiger partial charge on any atom is 0.122 e. The minimum atomic E-state index is 0.150. The van der Waals surface area contributed by atoms with Crippen molar-refractivity contribution in [2.45, 2.75) is 31.4 Å². The first-order valence-electron chi connectivity index (χ1n) is 7.02. The first kappa shape index (κ1) is 13.3. The summed E-state index contributed by atoms with van der Waals surface area (Å²) >= 11 is 1.95. The molecule has 2 aliphatic rings. The van der Waals surface area contributed by atoms with Crippen LogP contribution in [-0.2, 0) is 17.6 Å². The molecule has 2 atom stereocenters. The van der Waals surface area contributed by atoms with Crippen molar-refractivity contribution >= 4 is 11.8 Å². The number of hydrogen-bond donors (Lipinski definition) is 1. The van der Waals surface area contributed by atoms with E-state index in [4.69, 9.17) is 15.2 Å². The largest absolute Gasteiger partial charge is 0.493 e. The SMILES string of the molecule is NC(CCc1ccc2c(c1)CCO2)C1CSCCO1. The van der Waals surface area contributed by atoms with Crippen LogP contribution in [0.4, 0.5) is 0 Å². The molecule has 0 spiro atoms. The van der Waals surface area contributed by atoms with Crippen molar-refractivity contribution in [1.82, 2.24) is 0 Å². The molecule has 2 aliphatic heterocycles. The third-order valence-electron chi connectivity index (χ3n) is 3.84. The van der Waals surface area contributed by atoms with Crippen LogP contribution in [0.15, 0.2) is 18.2 Å². The van der Waals surface area contributed by atoms with Gasteiger partial charge in [0.25, 0.3) is 0 Å². The van der Waals surface area contributed by atoms with Crippen LogP contribution in [0, 0.1) is 0 Å². The summed E-state index contributed by atoms with van der Waals surface area (Å²) < 4.78 is 11.3. The van der Waals surface area contributed by atoms with E-state index in [0.717, 1.165) is 49.7 Å². The van der Waals surface area contributed by atoms with Crippen LogP contribution in [0.3, 0.4) is 0 Å². The fourth-order valence-corrected chi connectivity index (χ4v) is 3.62. The van der Waals surface area contributed by atoms with Gasteiger partial charge in [-0.3, -0.25) is 0 Å². The summed E-state index contributed by atoms with van der Waals surface area (Å²) in [5.74, 6) is 3.20. The predicted molar refractivity (Wildman–Crippen MR) is 79.0 cm³/mol. The molecule has 4 heteroatoms. The van der Waals surface area contributed by atoms with Gasteiger partial charge in [-0.15, -0.1) is 0 Å². The van der Waals surface area contributed by atoms with Crippen molar-refractivity contribution in [3.8, 4) is 5.75 Å². The van der Waals surface area contributed by atoms with Gasteiger partial charge < -0.3 is 15.2 Å². The monoisotopic (exact) mass is 279 g/mol. The average molecular weight is 279 g/mol. The highest BCUT2D eigenvalue weighted by Crippen LogP contribution is 2.26. The number of benzene rings is 1. The van der Waals surface area contributed by atoms with E-state index >= 15 is 0 Å². The Morgan fingerprint density at radius 2 is 2.32 bits per heavy atom. The lowest BCUT2D eigenvalue weighted by Crippen LogP contribution is -2.41.